The summed E-state index contributed by atoms with van der Waals surface area (Å²) >= 11 is 1.15. The quantitative estimate of drug-likeness (QED) is 0.829. The van der Waals surface area contributed by atoms with Crippen LogP contribution in [0.4, 0.5) is 5.00 Å². The molecule has 1 heterocycles. The highest BCUT2D eigenvalue weighted by molar-refractivity contribution is 7.23. The highest BCUT2D eigenvalue weighted by atomic mass is 32.1. The van der Waals surface area contributed by atoms with Gasteiger partial charge in [0.05, 0.1) is 11.3 Å². The molecule has 1 aromatic heterocycles. The minimum atomic E-state index is -0.504. The van der Waals surface area contributed by atoms with Gasteiger partial charge < -0.3 is 20.4 Å². The zero-order valence-corrected chi connectivity index (χ0v) is 12.8. The molecule has 0 saturated carbocycles. The van der Waals surface area contributed by atoms with Gasteiger partial charge in [0, 0.05) is 11.8 Å². The van der Waals surface area contributed by atoms with Gasteiger partial charge in [0.1, 0.15) is 22.1 Å². The van der Waals surface area contributed by atoms with Gasteiger partial charge in [0.2, 0.25) is 0 Å². The van der Waals surface area contributed by atoms with Crippen LogP contribution in [0.2, 0.25) is 0 Å². The van der Waals surface area contributed by atoms with Crippen LogP contribution >= 0.6 is 11.3 Å². The molecule has 5 nitrogen and oxygen atoms in total. The first-order valence-corrected chi connectivity index (χ1v) is 7.46. The zero-order chi connectivity index (χ0) is 15.6. The van der Waals surface area contributed by atoms with Crippen molar-refractivity contribution in [1.29, 1.82) is 0 Å². The Balaban J connectivity index is 2.61. The number of hydrogen-bond acceptors (Lipinski definition) is 6. The molecule has 0 aliphatic carbocycles. The van der Waals surface area contributed by atoms with Crippen LogP contribution in [-0.4, -0.2) is 23.5 Å². The fourth-order valence-electron chi connectivity index (χ4n) is 2.20. The number of nitrogens with two attached hydrogens (primary N) is 1. The summed E-state index contributed by atoms with van der Waals surface area (Å²) in [5.41, 5.74) is 7.02. The summed E-state index contributed by atoms with van der Waals surface area (Å²) in [4.78, 5) is 23.3. The number of anilines is 1. The van der Waals surface area contributed by atoms with Crippen molar-refractivity contribution in [3.63, 3.8) is 0 Å². The minimum Gasteiger partial charge on any atom is -0.506 e. The summed E-state index contributed by atoms with van der Waals surface area (Å²) in [6.45, 7) is 3.49. The summed E-state index contributed by atoms with van der Waals surface area (Å²) < 4.78 is 5.59. The Morgan fingerprint density at radius 1 is 1.38 bits per heavy atom. The van der Waals surface area contributed by atoms with E-state index in [1.54, 1.807) is 19.1 Å². The Labute approximate surface area is 126 Å². The number of carbonyl (C=O) groups excluding carboxylic acids is 2. The smallest absolute Gasteiger partial charge is 0.341 e. The van der Waals surface area contributed by atoms with Crippen molar-refractivity contribution in [2.75, 3.05) is 12.3 Å². The van der Waals surface area contributed by atoms with Crippen LogP contribution < -0.4 is 5.73 Å². The van der Waals surface area contributed by atoms with E-state index in [2.05, 4.69) is 0 Å². The van der Waals surface area contributed by atoms with Crippen molar-refractivity contribution in [2.24, 2.45) is 0 Å². The van der Waals surface area contributed by atoms with Gasteiger partial charge in [-0.25, -0.2) is 4.79 Å². The predicted molar refractivity (Wildman–Crippen MR) is 82.9 cm³/mol. The van der Waals surface area contributed by atoms with Crippen LogP contribution in [0.25, 0.3) is 10.1 Å². The Bertz CT molecular complexity index is 705. The highest BCUT2D eigenvalue weighted by Crippen LogP contribution is 2.41. The number of fused-ring (bicyclic) bond motifs is 1. The number of nitrogen functional groups attached to an aromatic ring is 1. The Morgan fingerprint density at radius 3 is 2.71 bits per heavy atom. The third kappa shape index (κ3) is 3.00. The number of aryl methyl sites for hydroxylation is 1. The molecular formula is C15H17NO4S. The van der Waals surface area contributed by atoms with E-state index in [0.29, 0.717) is 27.9 Å². The second-order valence-corrected chi connectivity index (χ2v) is 5.76. The number of phenolic OH excluding ortho intramolecular Hbond substituents is 1. The van der Waals surface area contributed by atoms with Crippen LogP contribution in [0.1, 0.15) is 36.2 Å². The molecule has 0 radical (unpaired) electrons. The molecule has 0 spiro atoms. The van der Waals surface area contributed by atoms with Gasteiger partial charge in [-0.3, -0.25) is 0 Å². The van der Waals surface area contributed by atoms with E-state index in [4.69, 9.17) is 10.5 Å². The molecule has 0 aliphatic rings. The van der Waals surface area contributed by atoms with E-state index < -0.39 is 5.97 Å². The normalized spacial score (nSPS) is 10.8. The first-order chi connectivity index (χ1) is 9.95. The van der Waals surface area contributed by atoms with Gasteiger partial charge in [-0.2, -0.15) is 0 Å². The van der Waals surface area contributed by atoms with Gasteiger partial charge in [-0.15, -0.1) is 11.3 Å². The molecule has 1 aromatic carbocycles. The molecule has 0 fully saturated rings. The van der Waals surface area contributed by atoms with Crippen molar-refractivity contribution in [3.05, 3.63) is 23.3 Å². The van der Waals surface area contributed by atoms with E-state index >= 15 is 0 Å². The zero-order valence-electron chi connectivity index (χ0n) is 11.9. The van der Waals surface area contributed by atoms with Crippen molar-refractivity contribution in [2.45, 2.75) is 26.7 Å². The minimum absolute atomic E-state index is 0.0668. The number of esters is 1. The molecular weight excluding hydrogens is 290 g/mol. The van der Waals surface area contributed by atoms with Crippen molar-refractivity contribution in [1.82, 2.24) is 0 Å². The number of benzene rings is 1. The molecule has 0 saturated heterocycles. The summed E-state index contributed by atoms with van der Waals surface area (Å²) in [7, 11) is 0. The lowest BCUT2D eigenvalue weighted by Gasteiger charge is -2.07. The summed E-state index contributed by atoms with van der Waals surface area (Å²) in [5, 5.41) is 10.9. The number of hydrogen-bond donors (Lipinski definition) is 2. The summed E-state index contributed by atoms with van der Waals surface area (Å²) in [6.07, 6.45) is 0.868. The lowest BCUT2D eigenvalue weighted by atomic mass is 10.0. The number of ether oxygens (including phenoxy) is 1. The molecule has 21 heavy (non-hydrogen) atoms. The lowest BCUT2D eigenvalue weighted by Crippen LogP contribution is -2.07. The van der Waals surface area contributed by atoms with E-state index in [1.807, 2.05) is 0 Å². The highest BCUT2D eigenvalue weighted by Gasteiger charge is 2.22. The number of Topliss-reactive ketones (excluding diaryl/α,β-unsaturated/α-hetero) is 1. The van der Waals surface area contributed by atoms with Gasteiger partial charge in [-0.1, -0.05) is 6.07 Å². The van der Waals surface area contributed by atoms with Gasteiger partial charge in [-0.05, 0) is 31.9 Å². The monoisotopic (exact) mass is 307 g/mol. The van der Waals surface area contributed by atoms with Crippen molar-refractivity contribution in [3.8, 4) is 5.75 Å². The molecule has 0 aliphatic heterocycles. The van der Waals surface area contributed by atoms with Crippen LogP contribution in [0.15, 0.2) is 12.1 Å². The molecule has 0 amide bonds. The fraction of sp³-hybridized carbons (Fsp3) is 0.333. The maximum Gasteiger partial charge on any atom is 0.341 e. The predicted octanol–water partition coefficient (Wildman–Crippen LogP) is 2.89. The van der Waals surface area contributed by atoms with Crippen molar-refractivity contribution >= 4 is 38.2 Å². The average molecular weight is 307 g/mol. The van der Waals surface area contributed by atoms with E-state index in [0.717, 1.165) is 16.9 Å². The Morgan fingerprint density at radius 2 is 2.10 bits per heavy atom. The summed E-state index contributed by atoms with van der Waals surface area (Å²) in [5.74, 6) is -0.364. The second kappa shape index (κ2) is 6.13. The number of thiophene rings is 1. The SMILES string of the molecule is CCOC(=O)c1c(N)sc2c(O)ccc(CCC(C)=O)c12. The van der Waals surface area contributed by atoms with Crippen LogP contribution in [0.3, 0.4) is 0 Å². The molecule has 0 unspecified atom stereocenters. The summed E-state index contributed by atoms with van der Waals surface area (Å²) in [6, 6.07) is 3.28. The van der Waals surface area contributed by atoms with Gasteiger partial charge in [0.15, 0.2) is 0 Å². The van der Waals surface area contributed by atoms with E-state index in [1.165, 1.54) is 6.92 Å². The molecule has 2 aromatic rings. The number of rotatable bonds is 5. The van der Waals surface area contributed by atoms with Crippen molar-refractivity contribution < 1.29 is 19.4 Å². The molecule has 3 N–H and O–H groups in total. The second-order valence-electron chi connectivity index (χ2n) is 4.71. The first-order valence-electron chi connectivity index (χ1n) is 6.65. The standard InChI is InChI=1S/C15H17NO4S/c1-3-20-15(19)12-11-9(5-4-8(2)17)6-7-10(18)13(11)21-14(12)16/h6-7,18H,3-5,16H2,1-2H3. The maximum absolute atomic E-state index is 12.1. The maximum atomic E-state index is 12.1. The lowest BCUT2D eigenvalue weighted by molar-refractivity contribution is -0.116. The number of phenols is 1. The molecule has 0 bridgehead atoms. The average Bonchev–Trinajstić information content (AvgIpc) is 2.76. The van der Waals surface area contributed by atoms with E-state index in [9.17, 15) is 14.7 Å². The fourth-order valence-corrected chi connectivity index (χ4v) is 3.21. The van der Waals surface area contributed by atoms with Gasteiger partial charge in [0.25, 0.3) is 0 Å². The third-order valence-electron chi connectivity index (χ3n) is 3.16. The number of ketones is 1. The third-order valence-corrected chi connectivity index (χ3v) is 4.20. The Hall–Kier alpha value is -2.08. The van der Waals surface area contributed by atoms with Gasteiger partial charge >= 0.3 is 5.97 Å². The van der Waals surface area contributed by atoms with Crippen LogP contribution in [0.5, 0.6) is 5.75 Å². The molecule has 2 rings (SSSR count). The van der Waals surface area contributed by atoms with E-state index in [-0.39, 0.29) is 23.7 Å². The number of carbonyl (C=O) groups is 2. The largest absolute Gasteiger partial charge is 0.506 e. The number of aromatic hydroxyl groups is 1. The Kier molecular flexibility index (Phi) is 4.47. The van der Waals surface area contributed by atoms with Crippen LogP contribution in [-0.2, 0) is 16.0 Å². The topological polar surface area (TPSA) is 89.6 Å². The molecule has 112 valence electrons. The molecule has 6 heteroatoms. The molecule has 0 atom stereocenters. The first kappa shape index (κ1) is 15.3. The van der Waals surface area contributed by atoms with Crippen LogP contribution in [0, 0.1) is 0 Å².